The monoisotopic (exact) mass is 290 g/mol. The first kappa shape index (κ1) is 15.6. The summed E-state index contributed by atoms with van der Waals surface area (Å²) in [6.45, 7) is 5.14. The Balaban J connectivity index is 2.57. The van der Waals surface area contributed by atoms with Gasteiger partial charge in [-0.2, -0.15) is 0 Å². The van der Waals surface area contributed by atoms with Crippen molar-refractivity contribution in [3.8, 4) is 5.75 Å². The number of rotatable bonds is 7. The fraction of sp³-hybridized carbons (Fsp3) is 0.538. The molecule has 0 fully saturated rings. The Morgan fingerprint density at radius 3 is 2.33 bits per heavy atom. The van der Waals surface area contributed by atoms with Gasteiger partial charge in [0.15, 0.2) is 5.75 Å². The molecule has 102 valence electrons. The number of hydrogen-bond acceptors (Lipinski definition) is 3. The average Bonchev–Trinajstić information content (AvgIpc) is 2.29. The quantitative estimate of drug-likeness (QED) is 0.781. The first-order chi connectivity index (χ1) is 8.54. The Morgan fingerprint density at radius 1 is 1.22 bits per heavy atom. The molecule has 0 atom stereocenters. The van der Waals surface area contributed by atoms with Gasteiger partial charge in [0, 0.05) is 19.6 Å². The van der Waals surface area contributed by atoms with Crippen LogP contribution in [-0.4, -0.2) is 38.7 Å². The third-order valence-electron chi connectivity index (χ3n) is 2.41. The summed E-state index contributed by atoms with van der Waals surface area (Å²) in [7, 11) is 4.10. The second kappa shape index (κ2) is 7.85. The van der Waals surface area contributed by atoms with Gasteiger partial charge in [-0.3, -0.25) is 0 Å². The van der Waals surface area contributed by atoms with E-state index in [0.717, 1.165) is 25.2 Å². The van der Waals surface area contributed by atoms with Crippen LogP contribution in [0.4, 0.5) is 0 Å². The van der Waals surface area contributed by atoms with Gasteiger partial charge in [0.25, 0.3) is 0 Å². The smallest absolute Gasteiger partial charge is 0.156 e. The van der Waals surface area contributed by atoms with Crippen molar-refractivity contribution in [1.82, 2.24) is 10.2 Å². The molecule has 18 heavy (non-hydrogen) atoms. The van der Waals surface area contributed by atoms with Gasteiger partial charge in [-0.15, -0.1) is 0 Å². The Labute approximate surface area is 119 Å². The lowest BCUT2D eigenvalue weighted by atomic mass is 10.2. The second-order valence-electron chi connectivity index (χ2n) is 4.30. The molecule has 1 rings (SSSR count). The molecule has 0 aliphatic rings. The summed E-state index contributed by atoms with van der Waals surface area (Å²) in [5, 5.41) is 4.47. The van der Waals surface area contributed by atoms with E-state index in [-0.39, 0.29) is 0 Å². The van der Waals surface area contributed by atoms with E-state index in [1.807, 2.05) is 33.2 Å². The molecular weight excluding hydrogens is 271 g/mol. The second-order valence-corrected chi connectivity index (χ2v) is 5.12. The van der Waals surface area contributed by atoms with Gasteiger partial charge in [-0.25, -0.2) is 0 Å². The van der Waals surface area contributed by atoms with Crippen molar-refractivity contribution >= 4 is 23.2 Å². The van der Waals surface area contributed by atoms with Crippen LogP contribution in [0, 0.1) is 0 Å². The lowest BCUT2D eigenvalue weighted by Gasteiger charge is -2.12. The minimum atomic E-state index is 0.555. The fourth-order valence-electron chi connectivity index (χ4n) is 1.53. The molecule has 0 heterocycles. The molecule has 0 aromatic heterocycles. The SMILES string of the molecule is CCOc1c(Cl)cc(CNCCN(C)C)cc1Cl. The Bertz CT molecular complexity index is 360. The number of benzene rings is 1. The summed E-state index contributed by atoms with van der Waals surface area (Å²) >= 11 is 12.3. The van der Waals surface area contributed by atoms with Crippen molar-refractivity contribution in [1.29, 1.82) is 0 Å². The number of nitrogens with one attached hydrogen (secondary N) is 1. The molecule has 0 saturated carbocycles. The van der Waals surface area contributed by atoms with E-state index in [1.165, 1.54) is 0 Å². The third kappa shape index (κ3) is 5.02. The van der Waals surface area contributed by atoms with E-state index < -0.39 is 0 Å². The Morgan fingerprint density at radius 2 is 1.83 bits per heavy atom. The van der Waals surface area contributed by atoms with E-state index in [2.05, 4.69) is 10.2 Å². The van der Waals surface area contributed by atoms with Crippen molar-refractivity contribution in [3.63, 3.8) is 0 Å². The van der Waals surface area contributed by atoms with Crippen LogP contribution in [0.3, 0.4) is 0 Å². The van der Waals surface area contributed by atoms with Crippen molar-refractivity contribution in [2.24, 2.45) is 0 Å². The van der Waals surface area contributed by atoms with Crippen LogP contribution in [0.2, 0.25) is 10.0 Å². The van der Waals surface area contributed by atoms with Gasteiger partial charge in [-0.1, -0.05) is 23.2 Å². The molecule has 3 nitrogen and oxygen atoms in total. The van der Waals surface area contributed by atoms with Gasteiger partial charge in [-0.05, 0) is 38.7 Å². The predicted octanol–water partition coefficient (Wildman–Crippen LogP) is 3.04. The summed E-state index contributed by atoms with van der Waals surface area (Å²) in [5.74, 6) is 0.567. The van der Waals surface area contributed by atoms with Gasteiger partial charge >= 0.3 is 0 Å². The van der Waals surface area contributed by atoms with E-state index in [4.69, 9.17) is 27.9 Å². The average molecular weight is 291 g/mol. The first-order valence-electron chi connectivity index (χ1n) is 6.00. The molecular formula is C13H20Cl2N2O. The highest BCUT2D eigenvalue weighted by Gasteiger charge is 2.08. The Kier molecular flexibility index (Phi) is 6.79. The molecule has 0 spiro atoms. The molecule has 5 heteroatoms. The maximum absolute atomic E-state index is 6.13. The molecule has 1 N–H and O–H groups in total. The zero-order chi connectivity index (χ0) is 13.5. The number of nitrogens with zero attached hydrogens (tertiary/aromatic N) is 1. The maximum atomic E-state index is 6.13. The zero-order valence-corrected chi connectivity index (χ0v) is 12.6. The molecule has 0 bridgehead atoms. The van der Waals surface area contributed by atoms with Gasteiger partial charge in [0.1, 0.15) is 0 Å². The van der Waals surface area contributed by atoms with Crippen LogP contribution in [0.25, 0.3) is 0 Å². The van der Waals surface area contributed by atoms with Gasteiger partial charge in [0.2, 0.25) is 0 Å². The Hall–Kier alpha value is -0.480. The van der Waals surface area contributed by atoms with E-state index in [1.54, 1.807) is 0 Å². The topological polar surface area (TPSA) is 24.5 Å². The van der Waals surface area contributed by atoms with E-state index in [9.17, 15) is 0 Å². The molecule has 0 saturated heterocycles. The van der Waals surface area contributed by atoms with Crippen LogP contribution in [-0.2, 0) is 6.54 Å². The molecule has 0 unspecified atom stereocenters. The normalized spacial score (nSPS) is 11.0. The van der Waals surface area contributed by atoms with Crippen molar-refractivity contribution in [3.05, 3.63) is 27.7 Å². The summed E-state index contributed by atoms with van der Waals surface area (Å²) in [5.41, 5.74) is 1.06. The molecule has 0 aliphatic carbocycles. The molecule has 1 aromatic carbocycles. The summed E-state index contributed by atoms with van der Waals surface area (Å²) in [4.78, 5) is 2.13. The highest BCUT2D eigenvalue weighted by molar-refractivity contribution is 6.37. The fourth-order valence-corrected chi connectivity index (χ4v) is 2.17. The van der Waals surface area contributed by atoms with Gasteiger partial charge < -0.3 is 15.0 Å². The van der Waals surface area contributed by atoms with Crippen molar-refractivity contribution < 1.29 is 4.74 Å². The zero-order valence-electron chi connectivity index (χ0n) is 11.1. The molecule has 1 aromatic rings. The third-order valence-corrected chi connectivity index (χ3v) is 2.97. The standard InChI is InChI=1S/C13H20Cl2N2O/c1-4-18-13-11(14)7-10(8-12(13)15)9-16-5-6-17(2)3/h7-8,16H,4-6,9H2,1-3H3. The summed E-state index contributed by atoms with van der Waals surface area (Å²) < 4.78 is 5.39. The van der Waals surface area contributed by atoms with Crippen LogP contribution in [0.5, 0.6) is 5.75 Å². The molecule has 0 amide bonds. The highest BCUT2D eigenvalue weighted by atomic mass is 35.5. The number of likely N-dealkylation sites (N-methyl/N-ethyl adjacent to an activating group) is 1. The van der Waals surface area contributed by atoms with Crippen LogP contribution in [0.1, 0.15) is 12.5 Å². The minimum Gasteiger partial charge on any atom is -0.491 e. The van der Waals surface area contributed by atoms with Crippen molar-refractivity contribution in [2.45, 2.75) is 13.5 Å². The lowest BCUT2D eigenvalue weighted by Crippen LogP contribution is -2.26. The van der Waals surface area contributed by atoms with Gasteiger partial charge in [0.05, 0.1) is 16.7 Å². The minimum absolute atomic E-state index is 0.555. The summed E-state index contributed by atoms with van der Waals surface area (Å²) in [6, 6.07) is 3.78. The number of hydrogen-bond donors (Lipinski definition) is 1. The highest BCUT2D eigenvalue weighted by Crippen LogP contribution is 2.34. The van der Waals surface area contributed by atoms with Crippen LogP contribution < -0.4 is 10.1 Å². The van der Waals surface area contributed by atoms with Crippen LogP contribution in [0.15, 0.2) is 12.1 Å². The van der Waals surface area contributed by atoms with Crippen LogP contribution >= 0.6 is 23.2 Å². The summed E-state index contributed by atoms with van der Waals surface area (Å²) in [6.07, 6.45) is 0. The molecule has 0 radical (unpaired) electrons. The lowest BCUT2D eigenvalue weighted by molar-refractivity contribution is 0.340. The number of halogens is 2. The van der Waals surface area contributed by atoms with E-state index in [0.29, 0.717) is 22.4 Å². The maximum Gasteiger partial charge on any atom is 0.156 e. The number of ether oxygens (including phenoxy) is 1. The molecule has 0 aliphatic heterocycles. The largest absolute Gasteiger partial charge is 0.491 e. The van der Waals surface area contributed by atoms with Crippen molar-refractivity contribution in [2.75, 3.05) is 33.8 Å². The predicted molar refractivity (Wildman–Crippen MR) is 77.9 cm³/mol. The first-order valence-corrected chi connectivity index (χ1v) is 6.76. The van der Waals surface area contributed by atoms with E-state index >= 15 is 0 Å².